The number of nitrogens with zero attached hydrogens (tertiary/aromatic N) is 1. The van der Waals surface area contributed by atoms with Gasteiger partial charge in [-0.05, 0) is 40.4 Å². The first-order valence-corrected chi connectivity index (χ1v) is 12.7. The zero-order valence-corrected chi connectivity index (χ0v) is 20.2. The van der Waals surface area contributed by atoms with Crippen LogP contribution >= 0.6 is 0 Å². The van der Waals surface area contributed by atoms with Crippen LogP contribution < -0.4 is 10.6 Å². The van der Waals surface area contributed by atoms with Crippen molar-refractivity contribution in [3.63, 3.8) is 0 Å². The van der Waals surface area contributed by atoms with Crippen LogP contribution in [0.4, 0.5) is 0 Å². The van der Waals surface area contributed by atoms with Crippen molar-refractivity contribution in [2.24, 2.45) is 0 Å². The van der Waals surface area contributed by atoms with E-state index in [1.807, 2.05) is 34.7 Å². The Balaban J connectivity index is 0. The Morgan fingerprint density at radius 1 is 0.786 bits per heavy atom. The Labute approximate surface area is 174 Å². The Morgan fingerprint density at radius 2 is 1.25 bits per heavy atom. The maximum atomic E-state index is 10.8. The second kappa shape index (κ2) is 20.0. The summed E-state index contributed by atoms with van der Waals surface area (Å²) in [6.45, 7) is 13.9. The van der Waals surface area contributed by atoms with E-state index in [9.17, 15) is 8.42 Å². The van der Waals surface area contributed by atoms with Crippen LogP contribution in [0.25, 0.3) is 0 Å². The number of sulfone groups is 1. The van der Waals surface area contributed by atoms with E-state index in [4.69, 9.17) is 9.47 Å². The van der Waals surface area contributed by atoms with Crippen molar-refractivity contribution in [1.82, 2.24) is 15.5 Å². The molecule has 0 spiro atoms. The SMILES string of the molecule is CC.CC.CN1CCOCC1.CNC1CCOCC1.CN[C@@H]1CCS(=O)(=O)C1. The molecule has 0 amide bonds. The van der Waals surface area contributed by atoms with Gasteiger partial charge in [0.15, 0.2) is 9.84 Å². The summed E-state index contributed by atoms with van der Waals surface area (Å²) >= 11 is 0. The third-order valence-corrected chi connectivity index (χ3v) is 6.27. The maximum Gasteiger partial charge on any atom is 0.151 e. The third-order valence-electron chi connectivity index (χ3n) is 4.50. The molecule has 3 heterocycles. The van der Waals surface area contributed by atoms with E-state index < -0.39 is 9.84 Å². The highest BCUT2D eigenvalue weighted by molar-refractivity contribution is 7.91. The summed E-state index contributed by atoms with van der Waals surface area (Å²) < 4.78 is 31.8. The van der Waals surface area contributed by atoms with Crippen molar-refractivity contribution in [2.45, 2.75) is 59.0 Å². The van der Waals surface area contributed by atoms with Crippen LogP contribution in [0, 0.1) is 0 Å². The third kappa shape index (κ3) is 16.7. The van der Waals surface area contributed by atoms with Crippen molar-refractivity contribution < 1.29 is 17.9 Å². The zero-order chi connectivity index (χ0) is 21.8. The second-order valence-electron chi connectivity index (χ2n) is 6.48. The van der Waals surface area contributed by atoms with E-state index in [2.05, 4.69) is 22.6 Å². The normalized spacial score (nSPS) is 24.0. The van der Waals surface area contributed by atoms with Crippen molar-refractivity contribution in [1.29, 1.82) is 0 Å². The molecule has 1 atom stereocenters. The Kier molecular flexibility index (Phi) is 21.4. The van der Waals surface area contributed by atoms with E-state index in [0.29, 0.717) is 17.5 Å². The van der Waals surface area contributed by atoms with Crippen LogP contribution in [0.5, 0.6) is 0 Å². The van der Waals surface area contributed by atoms with E-state index in [1.54, 1.807) is 7.05 Å². The molecule has 3 aliphatic heterocycles. The standard InChI is InChI=1S/C6H13NO.C5H11NO2S.C5H11NO.2C2H6/c1-7-6-2-4-8-5-3-6;1-6-5-2-3-9(7,8)4-5;1-6-2-4-7-5-3-6;2*1-2/h6-7H,2-5H2,1H3;5-6H,2-4H2,1H3;2-5H2,1H3;2*1-2H3/t;5-;;;/m.1.../s1. The van der Waals surface area contributed by atoms with Gasteiger partial charge in [0.25, 0.3) is 0 Å². The molecule has 3 aliphatic rings. The van der Waals surface area contributed by atoms with E-state index in [0.717, 1.165) is 45.9 Å². The second-order valence-corrected chi connectivity index (χ2v) is 8.71. The first-order valence-electron chi connectivity index (χ1n) is 10.9. The highest BCUT2D eigenvalue weighted by Crippen LogP contribution is 2.09. The molecule has 8 heteroatoms. The smallest absolute Gasteiger partial charge is 0.151 e. The number of nitrogens with one attached hydrogen (secondary N) is 2. The molecule has 28 heavy (non-hydrogen) atoms. The van der Waals surface area contributed by atoms with Gasteiger partial charge in [-0.25, -0.2) is 8.42 Å². The van der Waals surface area contributed by atoms with E-state index >= 15 is 0 Å². The average molecular weight is 426 g/mol. The number of hydrogen-bond donors (Lipinski definition) is 2. The molecule has 0 bridgehead atoms. The molecule has 0 aromatic heterocycles. The lowest BCUT2D eigenvalue weighted by Crippen LogP contribution is -2.32. The topological polar surface area (TPSA) is 79.9 Å². The number of morpholine rings is 1. The minimum Gasteiger partial charge on any atom is -0.381 e. The lowest BCUT2D eigenvalue weighted by atomic mass is 10.1. The predicted octanol–water partition coefficient (Wildman–Crippen LogP) is 1.78. The minimum atomic E-state index is -2.67. The van der Waals surface area contributed by atoms with Crippen LogP contribution in [0.2, 0.25) is 0 Å². The van der Waals surface area contributed by atoms with Gasteiger partial charge >= 0.3 is 0 Å². The Morgan fingerprint density at radius 3 is 1.50 bits per heavy atom. The highest BCUT2D eigenvalue weighted by atomic mass is 32.2. The van der Waals surface area contributed by atoms with Gasteiger partial charge in [0.2, 0.25) is 0 Å². The largest absolute Gasteiger partial charge is 0.381 e. The van der Waals surface area contributed by atoms with Crippen LogP contribution in [-0.2, 0) is 19.3 Å². The van der Waals surface area contributed by atoms with E-state index in [1.165, 1.54) is 12.8 Å². The first-order chi connectivity index (χ1) is 13.5. The monoisotopic (exact) mass is 425 g/mol. The summed E-state index contributed by atoms with van der Waals surface area (Å²) in [5.41, 5.74) is 0. The molecular formula is C20H47N3O4S. The fraction of sp³-hybridized carbons (Fsp3) is 1.00. The molecule has 0 unspecified atom stereocenters. The molecule has 0 aromatic carbocycles. The Hall–Kier alpha value is -0.250. The van der Waals surface area contributed by atoms with Gasteiger partial charge in [0.1, 0.15) is 0 Å². The summed E-state index contributed by atoms with van der Waals surface area (Å²) in [7, 11) is 3.25. The number of rotatable bonds is 2. The first kappa shape index (κ1) is 29.9. The van der Waals surface area contributed by atoms with Gasteiger partial charge in [0.05, 0.1) is 24.7 Å². The summed E-state index contributed by atoms with van der Waals surface area (Å²) in [5.74, 6) is 0.683. The molecule has 3 fully saturated rings. The number of hydrogen-bond acceptors (Lipinski definition) is 7. The van der Waals surface area contributed by atoms with Crippen molar-refractivity contribution in [3.8, 4) is 0 Å². The number of likely N-dealkylation sites (N-methyl/N-ethyl adjacent to an activating group) is 1. The lowest BCUT2D eigenvalue weighted by Gasteiger charge is -2.21. The highest BCUT2D eigenvalue weighted by Gasteiger charge is 2.25. The minimum absolute atomic E-state index is 0.204. The average Bonchev–Trinajstić information content (AvgIpc) is 3.12. The molecule has 172 valence electrons. The van der Waals surface area contributed by atoms with Crippen LogP contribution in [0.3, 0.4) is 0 Å². The lowest BCUT2D eigenvalue weighted by molar-refractivity contribution is 0.0503. The zero-order valence-electron chi connectivity index (χ0n) is 19.4. The summed E-state index contributed by atoms with van der Waals surface area (Å²) in [4.78, 5) is 2.27. The predicted molar refractivity (Wildman–Crippen MR) is 120 cm³/mol. The molecule has 3 saturated heterocycles. The van der Waals surface area contributed by atoms with Gasteiger partial charge in [-0.2, -0.15) is 0 Å². The summed E-state index contributed by atoms with van der Waals surface area (Å²) in [6, 6.07) is 0.916. The fourth-order valence-electron chi connectivity index (χ4n) is 2.66. The fourth-order valence-corrected chi connectivity index (χ4v) is 4.42. The van der Waals surface area contributed by atoms with Crippen molar-refractivity contribution in [3.05, 3.63) is 0 Å². The molecule has 0 aliphatic carbocycles. The Bertz CT molecular complexity index is 410. The van der Waals surface area contributed by atoms with Crippen molar-refractivity contribution >= 4 is 9.84 Å². The van der Waals surface area contributed by atoms with E-state index in [-0.39, 0.29) is 6.04 Å². The molecule has 2 N–H and O–H groups in total. The number of ether oxygens (including phenoxy) is 2. The van der Waals surface area contributed by atoms with Gasteiger partial charge in [-0.3, -0.25) is 0 Å². The van der Waals surface area contributed by atoms with Crippen LogP contribution in [-0.4, -0.2) is 97.6 Å². The molecule has 0 radical (unpaired) electrons. The van der Waals surface area contributed by atoms with Gasteiger partial charge in [-0.15, -0.1) is 0 Å². The van der Waals surface area contributed by atoms with Gasteiger partial charge in [-0.1, -0.05) is 27.7 Å². The molecule has 0 aromatic rings. The molecule has 0 saturated carbocycles. The quantitative estimate of drug-likeness (QED) is 0.698. The summed E-state index contributed by atoms with van der Waals surface area (Å²) in [5, 5.41) is 6.16. The molecule has 3 rings (SSSR count). The van der Waals surface area contributed by atoms with Crippen LogP contribution in [0.15, 0.2) is 0 Å². The van der Waals surface area contributed by atoms with Crippen molar-refractivity contribution in [2.75, 3.05) is 72.2 Å². The van der Waals surface area contributed by atoms with Gasteiger partial charge < -0.3 is 25.0 Å². The molecular weight excluding hydrogens is 378 g/mol. The molecule has 7 nitrogen and oxygen atoms in total. The summed E-state index contributed by atoms with van der Waals surface area (Å²) in [6.07, 6.45) is 3.13. The maximum absolute atomic E-state index is 10.8. The van der Waals surface area contributed by atoms with Crippen LogP contribution in [0.1, 0.15) is 47.0 Å². The van der Waals surface area contributed by atoms with Gasteiger partial charge in [0, 0.05) is 38.4 Å².